The Bertz CT molecular complexity index is 862. The van der Waals surface area contributed by atoms with Crippen molar-refractivity contribution in [2.75, 3.05) is 32.8 Å². The molecule has 1 N–H and O–H groups in total. The molecule has 0 fully saturated rings. The highest BCUT2D eigenvalue weighted by atomic mass is 16.6. The summed E-state index contributed by atoms with van der Waals surface area (Å²) in [5, 5.41) is 2.85. The van der Waals surface area contributed by atoms with Gasteiger partial charge in [-0.1, -0.05) is 12.7 Å². The molecule has 0 atom stereocenters. The number of carbonyl (C=O) groups is 2. The van der Waals surface area contributed by atoms with E-state index in [1.54, 1.807) is 42.5 Å². The van der Waals surface area contributed by atoms with Gasteiger partial charge in [0.25, 0.3) is 5.91 Å². The number of rotatable bonds is 9. The SMILES string of the molecule is C=CCOc1ccc(C(=O)Nc2ccc(OCC(=O)OC)cc2C)cc1OC. The third-order valence-electron chi connectivity index (χ3n) is 3.81. The van der Waals surface area contributed by atoms with Crippen molar-refractivity contribution < 1.29 is 28.5 Å². The number of nitrogens with one attached hydrogen (secondary N) is 1. The molecule has 0 bridgehead atoms. The Morgan fingerprint density at radius 3 is 2.50 bits per heavy atom. The molecule has 0 aliphatic carbocycles. The van der Waals surface area contributed by atoms with Crippen LogP contribution in [0.2, 0.25) is 0 Å². The average molecular weight is 385 g/mol. The molecule has 0 heterocycles. The smallest absolute Gasteiger partial charge is 0.343 e. The van der Waals surface area contributed by atoms with Crippen molar-refractivity contribution in [1.82, 2.24) is 0 Å². The lowest BCUT2D eigenvalue weighted by atomic mass is 10.1. The van der Waals surface area contributed by atoms with Gasteiger partial charge in [0, 0.05) is 11.3 Å². The molecule has 2 aromatic carbocycles. The van der Waals surface area contributed by atoms with E-state index in [0.29, 0.717) is 35.1 Å². The zero-order valence-corrected chi connectivity index (χ0v) is 16.1. The maximum Gasteiger partial charge on any atom is 0.343 e. The van der Waals surface area contributed by atoms with Gasteiger partial charge >= 0.3 is 5.97 Å². The molecule has 2 rings (SSSR count). The molecule has 0 radical (unpaired) electrons. The normalized spacial score (nSPS) is 9.96. The largest absolute Gasteiger partial charge is 0.493 e. The van der Waals surface area contributed by atoms with Crippen molar-refractivity contribution in [3.05, 3.63) is 60.2 Å². The van der Waals surface area contributed by atoms with E-state index in [1.165, 1.54) is 14.2 Å². The van der Waals surface area contributed by atoms with Crippen LogP contribution in [0.3, 0.4) is 0 Å². The third kappa shape index (κ3) is 5.51. The number of methoxy groups -OCH3 is 2. The van der Waals surface area contributed by atoms with Crippen molar-refractivity contribution in [1.29, 1.82) is 0 Å². The number of ether oxygens (including phenoxy) is 4. The van der Waals surface area contributed by atoms with Crippen molar-refractivity contribution in [3.8, 4) is 17.2 Å². The quantitative estimate of drug-likeness (QED) is 0.526. The summed E-state index contributed by atoms with van der Waals surface area (Å²) in [6.45, 7) is 5.59. The van der Waals surface area contributed by atoms with E-state index in [0.717, 1.165) is 5.56 Å². The first-order chi connectivity index (χ1) is 13.5. The van der Waals surface area contributed by atoms with Gasteiger partial charge in [0.1, 0.15) is 12.4 Å². The van der Waals surface area contributed by atoms with Crippen LogP contribution in [0.4, 0.5) is 5.69 Å². The van der Waals surface area contributed by atoms with Gasteiger partial charge in [0.2, 0.25) is 0 Å². The van der Waals surface area contributed by atoms with Crippen LogP contribution in [0, 0.1) is 6.92 Å². The second-order valence-electron chi connectivity index (χ2n) is 5.76. The van der Waals surface area contributed by atoms with Crippen LogP contribution < -0.4 is 19.5 Å². The highest BCUT2D eigenvalue weighted by Crippen LogP contribution is 2.29. The fourth-order valence-electron chi connectivity index (χ4n) is 2.34. The molecule has 2 aromatic rings. The minimum absolute atomic E-state index is 0.179. The standard InChI is InChI=1S/C21H23NO6/c1-5-10-27-18-9-6-15(12-19(18)25-3)21(24)22-17-8-7-16(11-14(17)2)28-13-20(23)26-4/h5-9,11-12H,1,10,13H2,2-4H3,(H,22,24). The zero-order chi connectivity index (χ0) is 20.5. The number of amides is 1. The highest BCUT2D eigenvalue weighted by molar-refractivity contribution is 6.05. The lowest BCUT2D eigenvalue weighted by Gasteiger charge is -2.13. The van der Waals surface area contributed by atoms with Crippen LogP contribution >= 0.6 is 0 Å². The molecular weight excluding hydrogens is 362 g/mol. The van der Waals surface area contributed by atoms with Crippen LogP contribution in [-0.4, -0.2) is 39.3 Å². The van der Waals surface area contributed by atoms with Crippen LogP contribution in [-0.2, 0) is 9.53 Å². The molecule has 148 valence electrons. The molecule has 0 saturated heterocycles. The summed E-state index contributed by atoms with van der Waals surface area (Å²) in [6, 6.07) is 10.0. The second-order valence-corrected chi connectivity index (χ2v) is 5.76. The summed E-state index contributed by atoms with van der Waals surface area (Å²) in [7, 11) is 2.80. The van der Waals surface area contributed by atoms with Gasteiger partial charge in [-0.15, -0.1) is 0 Å². The minimum atomic E-state index is -0.468. The lowest BCUT2D eigenvalue weighted by molar-refractivity contribution is -0.142. The number of aryl methyl sites for hydroxylation is 1. The predicted molar refractivity (Wildman–Crippen MR) is 105 cm³/mol. The zero-order valence-electron chi connectivity index (χ0n) is 16.1. The molecule has 28 heavy (non-hydrogen) atoms. The number of carbonyl (C=O) groups excluding carboxylic acids is 2. The molecule has 0 saturated carbocycles. The fourth-order valence-corrected chi connectivity index (χ4v) is 2.34. The van der Waals surface area contributed by atoms with Crippen LogP contribution in [0.15, 0.2) is 49.1 Å². The Morgan fingerprint density at radius 2 is 1.86 bits per heavy atom. The monoisotopic (exact) mass is 385 g/mol. The predicted octanol–water partition coefficient (Wildman–Crippen LogP) is 3.37. The Hall–Kier alpha value is -3.48. The Morgan fingerprint density at radius 1 is 1.07 bits per heavy atom. The topological polar surface area (TPSA) is 83.1 Å². The summed E-state index contributed by atoms with van der Waals surface area (Å²) < 4.78 is 20.6. The van der Waals surface area contributed by atoms with Gasteiger partial charge in [-0.05, 0) is 48.9 Å². The van der Waals surface area contributed by atoms with Crippen molar-refractivity contribution in [2.45, 2.75) is 6.92 Å². The first kappa shape index (κ1) is 20.8. The summed E-state index contributed by atoms with van der Waals surface area (Å²) >= 11 is 0. The van der Waals surface area contributed by atoms with E-state index in [4.69, 9.17) is 14.2 Å². The van der Waals surface area contributed by atoms with Crippen LogP contribution in [0.1, 0.15) is 15.9 Å². The van der Waals surface area contributed by atoms with E-state index in [-0.39, 0.29) is 12.5 Å². The Kier molecular flexibility index (Phi) is 7.45. The van der Waals surface area contributed by atoms with Gasteiger partial charge in [-0.25, -0.2) is 4.79 Å². The summed E-state index contributed by atoms with van der Waals surface area (Å²) in [4.78, 5) is 23.7. The number of hydrogen-bond donors (Lipinski definition) is 1. The van der Waals surface area contributed by atoms with E-state index >= 15 is 0 Å². The van der Waals surface area contributed by atoms with Crippen molar-refractivity contribution >= 4 is 17.6 Å². The number of esters is 1. The molecular formula is C21H23NO6. The Labute approximate surface area is 163 Å². The molecule has 0 aliphatic rings. The molecule has 0 aliphatic heterocycles. The maximum absolute atomic E-state index is 12.6. The lowest BCUT2D eigenvalue weighted by Crippen LogP contribution is -2.14. The molecule has 1 amide bonds. The minimum Gasteiger partial charge on any atom is -0.493 e. The van der Waals surface area contributed by atoms with E-state index < -0.39 is 5.97 Å². The van der Waals surface area contributed by atoms with Crippen molar-refractivity contribution in [2.24, 2.45) is 0 Å². The van der Waals surface area contributed by atoms with E-state index in [9.17, 15) is 9.59 Å². The maximum atomic E-state index is 12.6. The summed E-state index contributed by atoms with van der Waals surface area (Å²) in [5.41, 5.74) is 1.84. The summed E-state index contributed by atoms with van der Waals surface area (Å²) in [6.07, 6.45) is 1.63. The summed E-state index contributed by atoms with van der Waals surface area (Å²) in [5.74, 6) is 0.732. The van der Waals surface area contributed by atoms with Crippen molar-refractivity contribution in [3.63, 3.8) is 0 Å². The molecule has 0 unspecified atom stereocenters. The van der Waals surface area contributed by atoms with Gasteiger partial charge in [-0.2, -0.15) is 0 Å². The highest BCUT2D eigenvalue weighted by Gasteiger charge is 2.13. The molecule has 0 spiro atoms. The Balaban J connectivity index is 2.09. The van der Waals surface area contributed by atoms with E-state index in [1.807, 2.05) is 6.92 Å². The van der Waals surface area contributed by atoms with Gasteiger partial charge in [0.05, 0.1) is 14.2 Å². The number of hydrogen-bond acceptors (Lipinski definition) is 6. The first-order valence-electron chi connectivity index (χ1n) is 8.51. The van der Waals surface area contributed by atoms with E-state index in [2.05, 4.69) is 16.6 Å². The van der Waals surface area contributed by atoms with Gasteiger partial charge in [-0.3, -0.25) is 4.79 Å². The van der Waals surface area contributed by atoms with Gasteiger partial charge < -0.3 is 24.3 Å². The fraction of sp³-hybridized carbons (Fsp3) is 0.238. The third-order valence-corrected chi connectivity index (χ3v) is 3.81. The molecule has 7 nitrogen and oxygen atoms in total. The molecule has 7 heteroatoms. The second kappa shape index (κ2) is 10.0. The number of benzene rings is 2. The number of anilines is 1. The molecule has 0 aromatic heterocycles. The average Bonchev–Trinajstić information content (AvgIpc) is 2.71. The van der Waals surface area contributed by atoms with Gasteiger partial charge in [0.15, 0.2) is 18.1 Å². The first-order valence-corrected chi connectivity index (χ1v) is 8.51. The van der Waals surface area contributed by atoms with Crippen LogP contribution in [0.25, 0.3) is 0 Å². The van der Waals surface area contributed by atoms with Crippen LogP contribution in [0.5, 0.6) is 17.2 Å².